The summed E-state index contributed by atoms with van der Waals surface area (Å²) in [6, 6.07) is 77.5. The molecule has 0 bridgehead atoms. The van der Waals surface area contributed by atoms with Gasteiger partial charge in [0.25, 0.3) is 0 Å². The molecule has 0 aliphatic heterocycles. The van der Waals surface area contributed by atoms with E-state index >= 15 is 0 Å². The van der Waals surface area contributed by atoms with Gasteiger partial charge in [-0.1, -0.05) is 158 Å². The smallest absolute Gasteiger partial charge is 0.182 e. The van der Waals surface area contributed by atoms with Crippen molar-refractivity contribution in [2.75, 3.05) is 0 Å². The molecule has 8 aromatic carbocycles. The van der Waals surface area contributed by atoms with Crippen molar-refractivity contribution in [2.24, 2.45) is 0 Å². The number of nitrogens with zero attached hydrogens (tertiary/aromatic N) is 7. The maximum Gasteiger partial charge on any atom is 0.182 e. The number of hydrogen-bond acceptors (Lipinski definition) is 7. The topological polar surface area (TPSA) is 90.2 Å². The fourth-order valence-electron chi connectivity index (χ4n) is 9.65. The van der Waals surface area contributed by atoms with Crippen LogP contribution in [-0.2, 0) is 0 Å². The number of aromatic nitrogens is 7. The molecular formula is C63H39N7. The van der Waals surface area contributed by atoms with Gasteiger partial charge in [0.2, 0.25) is 0 Å². The quantitative estimate of drug-likeness (QED) is 0.140. The molecule has 70 heavy (non-hydrogen) atoms. The van der Waals surface area contributed by atoms with Gasteiger partial charge in [0, 0.05) is 34.6 Å². The molecule has 0 saturated heterocycles. The van der Waals surface area contributed by atoms with Crippen LogP contribution in [0, 0.1) is 0 Å². The molecule has 7 heteroatoms. The molecular weight excluding hydrogens is 855 g/mol. The van der Waals surface area contributed by atoms with Crippen LogP contribution in [-0.4, -0.2) is 34.9 Å². The van der Waals surface area contributed by atoms with Crippen molar-refractivity contribution in [3.63, 3.8) is 0 Å². The van der Waals surface area contributed by atoms with Crippen LogP contribution in [0.1, 0.15) is 0 Å². The van der Waals surface area contributed by atoms with Crippen LogP contribution in [0.3, 0.4) is 0 Å². The van der Waals surface area contributed by atoms with E-state index in [4.69, 9.17) is 29.9 Å². The fourth-order valence-corrected chi connectivity index (χ4v) is 9.65. The Labute approximate surface area is 403 Å². The lowest BCUT2D eigenvalue weighted by molar-refractivity contribution is 1.05. The zero-order valence-electron chi connectivity index (χ0n) is 37.6. The van der Waals surface area contributed by atoms with Crippen molar-refractivity contribution < 1.29 is 0 Å². The number of fused-ring (bicyclic) bond motifs is 5. The normalized spacial score (nSPS) is 11.4. The van der Waals surface area contributed by atoms with Crippen LogP contribution in [0.4, 0.5) is 0 Å². The largest absolute Gasteiger partial charge is 0.255 e. The van der Waals surface area contributed by atoms with Gasteiger partial charge in [0.15, 0.2) is 17.5 Å². The maximum absolute atomic E-state index is 5.32. The second-order valence-electron chi connectivity index (χ2n) is 17.3. The van der Waals surface area contributed by atoms with E-state index in [-0.39, 0.29) is 0 Å². The number of rotatable bonds is 8. The first-order chi connectivity index (χ1) is 34.7. The van der Waals surface area contributed by atoms with Gasteiger partial charge in [0.05, 0.1) is 22.8 Å². The summed E-state index contributed by atoms with van der Waals surface area (Å²) in [5.74, 6) is 1.36. The molecule has 13 aromatic rings. The number of benzene rings is 8. The molecule has 0 amide bonds. The fraction of sp³-hybridized carbons (Fsp3) is 0. The summed E-state index contributed by atoms with van der Waals surface area (Å²) in [5.41, 5.74) is 11.4. The van der Waals surface area contributed by atoms with E-state index in [2.05, 4.69) is 169 Å². The van der Waals surface area contributed by atoms with E-state index in [0.717, 1.165) is 94.0 Å². The Balaban J connectivity index is 1.03. The van der Waals surface area contributed by atoms with Crippen LogP contribution in [0.25, 0.3) is 134 Å². The van der Waals surface area contributed by atoms with Gasteiger partial charge in [0.1, 0.15) is 11.4 Å². The van der Waals surface area contributed by atoms with Crippen molar-refractivity contribution in [1.29, 1.82) is 0 Å². The molecule has 0 unspecified atom stereocenters. The Bertz CT molecular complexity index is 3980. The maximum atomic E-state index is 5.32. The van der Waals surface area contributed by atoms with E-state index in [9.17, 15) is 0 Å². The van der Waals surface area contributed by atoms with Crippen molar-refractivity contribution in [3.8, 4) is 90.6 Å². The molecule has 0 N–H and O–H groups in total. The van der Waals surface area contributed by atoms with E-state index in [1.807, 2.05) is 66.9 Å². The Morgan fingerprint density at radius 3 is 1.34 bits per heavy atom. The first-order valence-electron chi connectivity index (χ1n) is 23.3. The molecule has 0 spiro atoms. The van der Waals surface area contributed by atoms with Crippen molar-refractivity contribution in [2.45, 2.75) is 0 Å². The third-order valence-corrected chi connectivity index (χ3v) is 13.0. The average molecular weight is 894 g/mol. The third kappa shape index (κ3) is 7.48. The van der Waals surface area contributed by atoms with E-state index < -0.39 is 0 Å². The predicted molar refractivity (Wildman–Crippen MR) is 285 cm³/mol. The summed E-state index contributed by atoms with van der Waals surface area (Å²) in [6.07, 6.45) is 3.71. The molecule has 326 valence electrons. The molecule has 5 heterocycles. The first-order valence-corrected chi connectivity index (χ1v) is 23.3. The van der Waals surface area contributed by atoms with Gasteiger partial charge in [-0.25, -0.2) is 24.9 Å². The van der Waals surface area contributed by atoms with Crippen LogP contribution >= 0.6 is 0 Å². The van der Waals surface area contributed by atoms with E-state index in [0.29, 0.717) is 28.9 Å². The minimum Gasteiger partial charge on any atom is -0.255 e. The molecule has 0 radical (unpaired) electrons. The predicted octanol–water partition coefficient (Wildman–Crippen LogP) is 15.4. The summed E-state index contributed by atoms with van der Waals surface area (Å²) in [4.78, 5) is 35.9. The Kier molecular flexibility index (Phi) is 10.0. The lowest BCUT2D eigenvalue weighted by Crippen LogP contribution is -2.03. The molecule has 5 aromatic heterocycles. The summed E-state index contributed by atoms with van der Waals surface area (Å²) >= 11 is 0. The van der Waals surface area contributed by atoms with Crippen LogP contribution in [0.15, 0.2) is 237 Å². The number of hydrogen-bond donors (Lipinski definition) is 0. The highest BCUT2D eigenvalue weighted by Gasteiger charge is 2.19. The molecule has 0 aliphatic carbocycles. The minimum atomic E-state index is 0.434. The highest BCUT2D eigenvalue weighted by Crippen LogP contribution is 2.40. The highest BCUT2D eigenvalue weighted by molar-refractivity contribution is 6.14. The zero-order chi connectivity index (χ0) is 46.4. The average Bonchev–Trinajstić information content (AvgIpc) is 3.44. The Morgan fingerprint density at radius 1 is 0.229 bits per heavy atom. The minimum absolute atomic E-state index is 0.434. The highest BCUT2D eigenvalue weighted by atomic mass is 15.1. The summed E-state index contributed by atoms with van der Waals surface area (Å²) in [6.45, 7) is 0. The Morgan fingerprint density at radius 2 is 0.714 bits per heavy atom. The van der Waals surface area contributed by atoms with Crippen LogP contribution in [0.5, 0.6) is 0 Å². The van der Waals surface area contributed by atoms with E-state index in [1.165, 1.54) is 10.8 Å². The molecule has 0 fully saturated rings. The second-order valence-corrected chi connectivity index (χ2v) is 17.3. The van der Waals surface area contributed by atoms with Crippen molar-refractivity contribution in [1.82, 2.24) is 34.9 Å². The van der Waals surface area contributed by atoms with Gasteiger partial charge in [-0.2, -0.15) is 0 Å². The molecule has 0 atom stereocenters. The second kappa shape index (κ2) is 17.2. The standard InChI is InChI=1S/C63H39N7/c1-4-20-47-40(15-1)18-11-25-52(47)55-28-13-30-59(66-55)62-68-61(69-63(70-62)60-31-14-29-56(67-60)53-26-12-19-41-16-2-5-21-48(41)53)46-36-44(43-32-33-58(65-39-43)57-27-9-10-34-64-57)35-45(37-46)54-38-42-17-3-6-22-49(42)50-23-7-8-24-51(50)54/h1-39H. The molecule has 7 nitrogen and oxygen atoms in total. The van der Waals surface area contributed by atoms with Gasteiger partial charge in [-0.05, 0) is 127 Å². The van der Waals surface area contributed by atoms with Gasteiger partial charge in [-0.3, -0.25) is 9.97 Å². The lowest BCUT2D eigenvalue weighted by atomic mass is 9.90. The lowest BCUT2D eigenvalue weighted by Gasteiger charge is -2.15. The zero-order valence-corrected chi connectivity index (χ0v) is 37.6. The molecule has 13 rings (SSSR count). The monoisotopic (exact) mass is 893 g/mol. The molecule has 0 aliphatic rings. The molecule has 0 saturated carbocycles. The van der Waals surface area contributed by atoms with E-state index in [1.54, 1.807) is 6.20 Å². The van der Waals surface area contributed by atoms with Crippen LogP contribution in [0.2, 0.25) is 0 Å². The number of pyridine rings is 4. The summed E-state index contributed by atoms with van der Waals surface area (Å²) in [7, 11) is 0. The van der Waals surface area contributed by atoms with Gasteiger partial charge < -0.3 is 0 Å². The summed E-state index contributed by atoms with van der Waals surface area (Å²) < 4.78 is 0. The van der Waals surface area contributed by atoms with Crippen molar-refractivity contribution >= 4 is 43.1 Å². The third-order valence-electron chi connectivity index (χ3n) is 13.0. The van der Waals surface area contributed by atoms with Gasteiger partial charge >= 0.3 is 0 Å². The Hall–Kier alpha value is -9.59. The first kappa shape index (κ1) is 40.7. The van der Waals surface area contributed by atoms with Crippen LogP contribution < -0.4 is 0 Å². The van der Waals surface area contributed by atoms with Crippen molar-refractivity contribution in [3.05, 3.63) is 237 Å². The van der Waals surface area contributed by atoms with Gasteiger partial charge in [-0.15, -0.1) is 0 Å². The SMILES string of the molecule is c1ccc(-c2ccc(-c3cc(-c4nc(-c5cccc(-c6cccc7ccccc67)n5)nc(-c5cccc(-c6cccc7ccccc67)n5)n4)cc(-c4cc5ccccc5c5ccccc45)c3)cn2)nc1. The summed E-state index contributed by atoms with van der Waals surface area (Å²) in [5, 5.41) is 9.22.